The van der Waals surface area contributed by atoms with Gasteiger partial charge in [-0.2, -0.15) is 4.98 Å². The van der Waals surface area contributed by atoms with E-state index in [0.29, 0.717) is 16.5 Å². The second kappa shape index (κ2) is 10.4. The predicted molar refractivity (Wildman–Crippen MR) is 135 cm³/mol. The molecule has 2 aromatic heterocycles. The Balaban J connectivity index is 1.62. The number of ether oxygens (including phenoxy) is 1. The summed E-state index contributed by atoms with van der Waals surface area (Å²) in [5.74, 6) is -0.455. The van der Waals surface area contributed by atoms with Gasteiger partial charge in [0, 0.05) is 29.0 Å². The highest BCUT2D eigenvalue weighted by Crippen LogP contribution is 2.23. The third-order valence-corrected chi connectivity index (χ3v) is 5.44. The summed E-state index contributed by atoms with van der Waals surface area (Å²) in [6, 6.07) is 16.0. The summed E-state index contributed by atoms with van der Waals surface area (Å²) in [6.45, 7) is 3.65. The molecule has 2 aromatic carbocycles. The molecule has 2 N–H and O–H groups in total. The Morgan fingerprint density at radius 1 is 1.08 bits per heavy atom. The number of aromatic nitrogens is 4. The number of hydrogen-bond donors (Lipinski definition) is 2. The van der Waals surface area contributed by atoms with Crippen LogP contribution in [0.1, 0.15) is 35.8 Å². The van der Waals surface area contributed by atoms with Gasteiger partial charge in [0.2, 0.25) is 11.8 Å². The van der Waals surface area contributed by atoms with Gasteiger partial charge in [0.05, 0.1) is 12.1 Å². The molecule has 184 valence electrons. The number of nitrogens with one attached hydrogen (secondary N) is 1. The largest absolute Gasteiger partial charge is 0.478 e. The van der Waals surface area contributed by atoms with Gasteiger partial charge in [0.15, 0.2) is 0 Å². The molecule has 0 aliphatic rings. The van der Waals surface area contributed by atoms with E-state index in [-0.39, 0.29) is 30.0 Å². The number of pyridine rings is 1. The molecule has 0 radical (unpaired) electrons. The van der Waals surface area contributed by atoms with E-state index in [1.807, 2.05) is 0 Å². The van der Waals surface area contributed by atoms with Crippen molar-refractivity contribution in [2.45, 2.75) is 26.4 Å². The maximum Gasteiger partial charge on any atom is 0.355 e. The minimum Gasteiger partial charge on any atom is -0.478 e. The zero-order chi connectivity index (χ0) is 25.8. The highest BCUT2D eigenvalue weighted by Gasteiger charge is 2.16. The van der Waals surface area contributed by atoms with E-state index < -0.39 is 17.3 Å². The minimum absolute atomic E-state index is 0.0548. The molecule has 2 heterocycles. The Bertz CT molecular complexity index is 1510. The highest BCUT2D eigenvalue weighted by atomic mass is 35.5. The van der Waals surface area contributed by atoms with E-state index in [1.54, 1.807) is 62.4 Å². The third kappa shape index (κ3) is 5.61. The third-order valence-electron chi connectivity index (χ3n) is 5.19. The number of carbonyl (C=O) groups is 1. The van der Waals surface area contributed by atoms with Crippen molar-refractivity contribution >= 4 is 29.2 Å². The van der Waals surface area contributed by atoms with E-state index in [0.717, 1.165) is 10.1 Å². The molecule has 0 fully saturated rings. The lowest BCUT2D eigenvalue weighted by Crippen LogP contribution is -2.43. The number of halogens is 1. The Labute approximate surface area is 210 Å². The van der Waals surface area contributed by atoms with Crippen LogP contribution in [0.15, 0.2) is 76.4 Å². The van der Waals surface area contributed by atoms with Gasteiger partial charge < -0.3 is 15.2 Å². The minimum atomic E-state index is -1.08. The average molecular weight is 508 g/mol. The highest BCUT2D eigenvalue weighted by molar-refractivity contribution is 6.30. The molecular formula is C25H22ClN5O5. The van der Waals surface area contributed by atoms with Crippen LogP contribution in [0, 0.1) is 0 Å². The molecule has 0 unspecified atom stereocenters. The topological polar surface area (TPSA) is 128 Å². The van der Waals surface area contributed by atoms with Crippen LogP contribution in [0.5, 0.6) is 11.6 Å². The first-order valence-corrected chi connectivity index (χ1v) is 11.3. The molecule has 4 aromatic rings. The first-order chi connectivity index (χ1) is 17.2. The quantitative estimate of drug-likeness (QED) is 0.361. The second-order valence-corrected chi connectivity index (χ2v) is 8.55. The molecule has 0 bridgehead atoms. The van der Waals surface area contributed by atoms with Gasteiger partial charge in [-0.25, -0.2) is 23.9 Å². The fourth-order valence-electron chi connectivity index (χ4n) is 3.41. The van der Waals surface area contributed by atoms with E-state index in [9.17, 15) is 14.4 Å². The molecule has 0 aliphatic carbocycles. The van der Waals surface area contributed by atoms with Crippen LogP contribution in [-0.4, -0.2) is 30.2 Å². The number of benzene rings is 2. The number of anilines is 2. The number of carboxylic acids is 1. The molecule has 0 amide bonds. The Hall–Kier alpha value is -4.44. The summed E-state index contributed by atoms with van der Waals surface area (Å²) in [7, 11) is 0. The smallest absolute Gasteiger partial charge is 0.355 e. The fraction of sp³-hybridized carbons (Fsp3) is 0.160. The molecule has 10 nitrogen and oxygen atoms in total. The summed E-state index contributed by atoms with van der Waals surface area (Å²) in [4.78, 5) is 45.0. The maximum atomic E-state index is 13.2. The van der Waals surface area contributed by atoms with E-state index in [2.05, 4.69) is 15.3 Å². The van der Waals surface area contributed by atoms with Crippen molar-refractivity contribution in [3.63, 3.8) is 0 Å². The van der Waals surface area contributed by atoms with Crippen molar-refractivity contribution in [1.82, 2.24) is 19.1 Å². The van der Waals surface area contributed by atoms with E-state index in [4.69, 9.17) is 21.4 Å². The normalized spacial score (nSPS) is 10.9. The number of aromatic carboxylic acids is 1. The lowest BCUT2D eigenvalue weighted by atomic mass is 10.2. The van der Waals surface area contributed by atoms with Crippen molar-refractivity contribution in [3.05, 3.63) is 104 Å². The number of carboxylic acid groups (broad SMARTS) is 1. The molecule has 11 heteroatoms. The zero-order valence-corrected chi connectivity index (χ0v) is 20.1. The van der Waals surface area contributed by atoms with Gasteiger partial charge >= 0.3 is 17.3 Å². The van der Waals surface area contributed by atoms with E-state index >= 15 is 0 Å². The maximum absolute atomic E-state index is 13.2. The van der Waals surface area contributed by atoms with Crippen LogP contribution in [0.4, 0.5) is 11.6 Å². The summed E-state index contributed by atoms with van der Waals surface area (Å²) in [5, 5.41) is 12.7. The molecule has 0 atom stereocenters. The number of nitrogens with zero attached hydrogens (tertiary/aromatic N) is 4. The lowest BCUT2D eigenvalue weighted by molar-refractivity contribution is 0.0696. The lowest BCUT2D eigenvalue weighted by Gasteiger charge is -2.17. The van der Waals surface area contributed by atoms with Crippen molar-refractivity contribution in [1.29, 1.82) is 0 Å². The summed E-state index contributed by atoms with van der Waals surface area (Å²) in [5.41, 5.74) is 0.258. The standard InChI is InChI=1S/C25H22ClN5O5/c1-15(2)31-24(34)29-23(30(25(31)35)14-16-3-5-18(26)6-4-16)28-19-7-9-20(10-8-19)36-21-13-17(22(32)33)11-12-27-21/h3-13,15H,14H2,1-2H3,(H,32,33)(H,28,29,34). The summed E-state index contributed by atoms with van der Waals surface area (Å²) < 4.78 is 8.11. The van der Waals surface area contributed by atoms with Crippen LogP contribution in [0.2, 0.25) is 5.02 Å². The van der Waals surface area contributed by atoms with Gasteiger partial charge in [-0.3, -0.25) is 4.57 Å². The number of rotatable bonds is 8. The van der Waals surface area contributed by atoms with Gasteiger partial charge in [0.1, 0.15) is 5.75 Å². The van der Waals surface area contributed by atoms with Crippen molar-refractivity contribution < 1.29 is 14.6 Å². The second-order valence-electron chi connectivity index (χ2n) is 8.12. The Morgan fingerprint density at radius 2 is 1.78 bits per heavy atom. The summed E-state index contributed by atoms with van der Waals surface area (Å²) >= 11 is 5.98. The van der Waals surface area contributed by atoms with Crippen molar-refractivity contribution in [2.24, 2.45) is 0 Å². The monoisotopic (exact) mass is 507 g/mol. The number of hydrogen-bond acceptors (Lipinski definition) is 7. The summed E-state index contributed by atoms with van der Waals surface area (Å²) in [6.07, 6.45) is 1.35. The fourth-order valence-corrected chi connectivity index (χ4v) is 3.54. The average Bonchev–Trinajstić information content (AvgIpc) is 2.84. The molecule has 0 saturated heterocycles. The van der Waals surface area contributed by atoms with Gasteiger partial charge in [-0.05, 0) is 61.9 Å². The SMILES string of the molecule is CC(C)n1c(=O)nc(Nc2ccc(Oc3cc(C(=O)O)ccn3)cc2)n(Cc2ccc(Cl)cc2)c1=O. The van der Waals surface area contributed by atoms with Crippen molar-refractivity contribution in [3.8, 4) is 11.6 Å². The Kier molecular flexibility index (Phi) is 7.16. The molecule has 0 saturated carbocycles. The van der Waals surface area contributed by atoms with Crippen LogP contribution >= 0.6 is 11.6 Å². The first-order valence-electron chi connectivity index (χ1n) is 10.9. The van der Waals surface area contributed by atoms with Gasteiger partial charge in [-0.15, -0.1) is 0 Å². The predicted octanol–water partition coefficient (Wildman–Crippen LogP) is 4.32. The van der Waals surface area contributed by atoms with E-state index in [1.165, 1.54) is 22.9 Å². The van der Waals surface area contributed by atoms with Crippen LogP contribution in [0.25, 0.3) is 0 Å². The van der Waals surface area contributed by atoms with Crippen LogP contribution in [-0.2, 0) is 6.54 Å². The Morgan fingerprint density at radius 3 is 2.42 bits per heavy atom. The molecule has 36 heavy (non-hydrogen) atoms. The molecule has 4 rings (SSSR count). The first kappa shape index (κ1) is 24.7. The molecule has 0 aliphatic heterocycles. The zero-order valence-electron chi connectivity index (χ0n) is 19.4. The van der Waals surface area contributed by atoms with Crippen molar-refractivity contribution in [2.75, 3.05) is 5.32 Å². The van der Waals surface area contributed by atoms with Gasteiger partial charge in [0.25, 0.3) is 0 Å². The molecule has 0 spiro atoms. The molecular weight excluding hydrogens is 486 g/mol. The van der Waals surface area contributed by atoms with Crippen LogP contribution < -0.4 is 21.4 Å². The van der Waals surface area contributed by atoms with Crippen LogP contribution in [0.3, 0.4) is 0 Å². The van der Waals surface area contributed by atoms with Gasteiger partial charge in [-0.1, -0.05) is 23.7 Å².